The molecule has 184 valence electrons. The van der Waals surface area contributed by atoms with Gasteiger partial charge in [-0.2, -0.15) is 0 Å². The van der Waals surface area contributed by atoms with E-state index < -0.39 is 27.9 Å². The van der Waals surface area contributed by atoms with Gasteiger partial charge in [0.05, 0.1) is 11.5 Å². The molecule has 3 N–H and O–H groups in total. The minimum absolute atomic E-state index is 0.0532. The summed E-state index contributed by atoms with van der Waals surface area (Å²) >= 11 is 0. The van der Waals surface area contributed by atoms with Crippen LogP contribution in [0.4, 0.5) is 5.69 Å². The number of carbonyl (C=O) groups excluding carboxylic acids is 2. The highest BCUT2D eigenvalue weighted by atomic mass is 32.2. The number of nitrogens with one attached hydrogen (secondary N) is 3. The van der Waals surface area contributed by atoms with Crippen molar-refractivity contribution in [1.82, 2.24) is 10.9 Å². The molecule has 0 saturated heterocycles. The highest BCUT2D eigenvalue weighted by Crippen LogP contribution is 2.19. The van der Waals surface area contributed by atoms with E-state index in [1.807, 2.05) is 19.9 Å². The maximum Gasteiger partial charge on any atom is 0.279 e. The molecule has 0 bridgehead atoms. The Bertz CT molecular complexity index is 1290. The highest BCUT2D eigenvalue weighted by Gasteiger charge is 2.19. The average Bonchev–Trinajstić information content (AvgIpc) is 2.83. The summed E-state index contributed by atoms with van der Waals surface area (Å²) in [7, 11) is -3.92. The van der Waals surface area contributed by atoms with Crippen LogP contribution in [0.25, 0.3) is 0 Å². The van der Waals surface area contributed by atoms with Crippen molar-refractivity contribution >= 4 is 27.5 Å². The number of anilines is 1. The Balaban J connectivity index is 1.58. The lowest BCUT2D eigenvalue weighted by Gasteiger charge is -2.15. The molecule has 35 heavy (non-hydrogen) atoms. The molecule has 0 heterocycles. The molecule has 2 amide bonds. The number of amides is 2. The fourth-order valence-electron chi connectivity index (χ4n) is 3.06. The van der Waals surface area contributed by atoms with Crippen molar-refractivity contribution in [3.63, 3.8) is 0 Å². The van der Waals surface area contributed by atoms with E-state index in [0.29, 0.717) is 23.8 Å². The van der Waals surface area contributed by atoms with Crippen LogP contribution in [-0.2, 0) is 14.8 Å². The first-order valence-electron chi connectivity index (χ1n) is 10.9. The Morgan fingerprint density at radius 1 is 0.914 bits per heavy atom. The van der Waals surface area contributed by atoms with Crippen molar-refractivity contribution in [2.75, 3.05) is 11.3 Å². The van der Waals surface area contributed by atoms with E-state index in [2.05, 4.69) is 15.6 Å². The molecule has 3 aromatic carbocycles. The van der Waals surface area contributed by atoms with Crippen LogP contribution in [-0.4, -0.2) is 32.9 Å². The summed E-state index contributed by atoms with van der Waals surface area (Å²) < 4.78 is 38.9. The largest absolute Gasteiger partial charge is 0.494 e. The van der Waals surface area contributed by atoms with E-state index in [9.17, 15) is 18.0 Å². The molecular formula is C25H27N3O6S. The van der Waals surface area contributed by atoms with E-state index in [-0.39, 0.29) is 10.5 Å². The minimum Gasteiger partial charge on any atom is -0.494 e. The fourth-order valence-corrected chi connectivity index (χ4v) is 4.15. The summed E-state index contributed by atoms with van der Waals surface area (Å²) in [6, 6.07) is 19.2. The molecule has 1 atom stereocenters. The quantitative estimate of drug-likeness (QED) is 0.389. The minimum atomic E-state index is -3.92. The number of sulfonamides is 1. The Morgan fingerprint density at radius 3 is 2.29 bits per heavy atom. The van der Waals surface area contributed by atoms with Crippen molar-refractivity contribution in [2.45, 2.75) is 31.8 Å². The zero-order valence-electron chi connectivity index (χ0n) is 19.6. The Morgan fingerprint density at radius 2 is 1.60 bits per heavy atom. The molecule has 0 aliphatic heterocycles. The molecule has 0 fully saturated rings. The van der Waals surface area contributed by atoms with Gasteiger partial charge in [0.2, 0.25) is 0 Å². The first kappa shape index (κ1) is 25.6. The third-order valence-electron chi connectivity index (χ3n) is 4.79. The van der Waals surface area contributed by atoms with Crippen LogP contribution in [0.3, 0.4) is 0 Å². The first-order valence-corrected chi connectivity index (χ1v) is 12.4. The lowest BCUT2D eigenvalue weighted by molar-refractivity contribution is -0.128. The van der Waals surface area contributed by atoms with Gasteiger partial charge in [0.25, 0.3) is 21.8 Å². The monoisotopic (exact) mass is 497 g/mol. The number of hydrazine groups is 1. The molecular weight excluding hydrogens is 470 g/mol. The topological polar surface area (TPSA) is 123 Å². The second-order valence-electron chi connectivity index (χ2n) is 7.61. The normalized spacial score (nSPS) is 11.7. The van der Waals surface area contributed by atoms with Crippen molar-refractivity contribution in [3.8, 4) is 11.5 Å². The van der Waals surface area contributed by atoms with Crippen LogP contribution in [0.2, 0.25) is 0 Å². The standard InChI is InChI=1S/C25H27N3O6S/c1-4-33-21-11-13-22(14-12-21)34-18(3)24(29)26-27-25(30)19-8-6-10-23(16-19)35(31,32)28-20-9-5-7-17(2)15-20/h5-16,18,28H,4H2,1-3H3,(H,26,29)(H,27,30). The van der Waals surface area contributed by atoms with E-state index in [4.69, 9.17) is 9.47 Å². The molecule has 0 aliphatic carbocycles. The maximum absolute atomic E-state index is 12.7. The predicted molar refractivity (Wildman–Crippen MR) is 132 cm³/mol. The lowest BCUT2D eigenvalue weighted by Crippen LogP contribution is -2.47. The average molecular weight is 498 g/mol. The van der Waals surface area contributed by atoms with Crippen molar-refractivity contribution in [1.29, 1.82) is 0 Å². The van der Waals surface area contributed by atoms with Gasteiger partial charge in [0.1, 0.15) is 11.5 Å². The third kappa shape index (κ3) is 7.21. The van der Waals surface area contributed by atoms with Crippen molar-refractivity contribution < 1.29 is 27.5 Å². The van der Waals surface area contributed by atoms with Gasteiger partial charge >= 0.3 is 0 Å². The van der Waals surface area contributed by atoms with E-state index in [0.717, 1.165) is 5.56 Å². The number of rotatable bonds is 9. The predicted octanol–water partition coefficient (Wildman–Crippen LogP) is 3.42. The number of hydrogen-bond acceptors (Lipinski definition) is 6. The summed E-state index contributed by atoms with van der Waals surface area (Å²) in [5.74, 6) is -0.125. The van der Waals surface area contributed by atoms with E-state index >= 15 is 0 Å². The Kier molecular flexibility index (Phi) is 8.32. The second kappa shape index (κ2) is 11.4. The van der Waals surface area contributed by atoms with Gasteiger partial charge in [0.15, 0.2) is 6.10 Å². The first-order chi connectivity index (χ1) is 16.7. The van der Waals surface area contributed by atoms with Gasteiger partial charge in [-0.1, -0.05) is 18.2 Å². The van der Waals surface area contributed by atoms with Gasteiger partial charge in [-0.25, -0.2) is 8.42 Å². The SMILES string of the molecule is CCOc1ccc(OC(C)C(=O)NNC(=O)c2cccc(S(=O)(=O)Nc3cccc(C)c3)c2)cc1. The van der Waals surface area contributed by atoms with Crippen molar-refractivity contribution in [2.24, 2.45) is 0 Å². The smallest absolute Gasteiger partial charge is 0.279 e. The number of benzene rings is 3. The van der Waals surface area contributed by atoms with Crippen LogP contribution in [0.5, 0.6) is 11.5 Å². The lowest BCUT2D eigenvalue weighted by atomic mass is 10.2. The summed E-state index contributed by atoms with van der Waals surface area (Å²) in [4.78, 5) is 24.8. The molecule has 10 heteroatoms. The highest BCUT2D eigenvalue weighted by molar-refractivity contribution is 7.92. The summed E-state index contributed by atoms with van der Waals surface area (Å²) in [6.07, 6.45) is -0.904. The molecule has 0 radical (unpaired) electrons. The van der Waals surface area contributed by atoms with Crippen LogP contribution in [0.15, 0.2) is 77.7 Å². The fraction of sp³-hybridized carbons (Fsp3) is 0.200. The van der Waals surface area contributed by atoms with Crippen LogP contribution in [0, 0.1) is 6.92 Å². The maximum atomic E-state index is 12.7. The molecule has 3 rings (SSSR count). The van der Waals surface area contributed by atoms with Crippen LogP contribution >= 0.6 is 0 Å². The van der Waals surface area contributed by atoms with E-state index in [1.54, 1.807) is 42.5 Å². The zero-order valence-corrected chi connectivity index (χ0v) is 20.4. The summed E-state index contributed by atoms with van der Waals surface area (Å²) in [5.41, 5.74) is 5.92. The molecule has 9 nitrogen and oxygen atoms in total. The number of ether oxygens (including phenoxy) is 2. The van der Waals surface area contributed by atoms with Gasteiger partial charge in [-0.05, 0) is 80.9 Å². The van der Waals surface area contributed by atoms with Crippen LogP contribution in [0.1, 0.15) is 29.8 Å². The van der Waals surface area contributed by atoms with E-state index in [1.165, 1.54) is 31.2 Å². The Labute approximate surface area is 204 Å². The number of carbonyl (C=O) groups is 2. The van der Waals surface area contributed by atoms with Gasteiger partial charge in [-0.15, -0.1) is 0 Å². The zero-order chi connectivity index (χ0) is 25.4. The van der Waals surface area contributed by atoms with Crippen molar-refractivity contribution in [3.05, 3.63) is 83.9 Å². The Hall–Kier alpha value is -4.05. The van der Waals surface area contributed by atoms with Gasteiger partial charge in [0, 0.05) is 11.3 Å². The molecule has 3 aromatic rings. The molecule has 0 aliphatic rings. The van der Waals surface area contributed by atoms with Gasteiger partial charge < -0.3 is 9.47 Å². The molecule has 0 saturated carbocycles. The molecule has 0 spiro atoms. The van der Waals surface area contributed by atoms with Gasteiger partial charge in [-0.3, -0.25) is 25.2 Å². The van der Waals surface area contributed by atoms with Crippen LogP contribution < -0.4 is 25.0 Å². The second-order valence-corrected chi connectivity index (χ2v) is 9.29. The third-order valence-corrected chi connectivity index (χ3v) is 6.17. The molecule has 0 aromatic heterocycles. The number of aryl methyl sites for hydroxylation is 1. The number of hydrogen-bond donors (Lipinski definition) is 3. The summed E-state index contributed by atoms with van der Waals surface area (Å²) in [6.45, 7) is 5.79. The molecule has 1 unspecified atom stereocenters. The summed E-state index contributed by atoms with van der Waals surface area (Å²) in [5, 5.41) is 0.